The first kappa shape index (κ1) is 24.8. The summed E-state index contributed by atoms with van der Waals surface area (Å²) in [6.45, 7) is 4.88. The first-order valence-electron chi connectivity index (χ1n) is 12.3. The number of aromatic nitrogens is 1. The predicted octanol–water partition coefficient (Wildman–Crippen LogP) is 4.56. The molecule has 3 aromatic rings. The van der Waals surface area contributed by atoms with Crippen LogP contribution in [-0.4, -0.2) is 47.8 Å². The molecule has 2 atom stereocenters. The van der Waals surface area contributed by atoms with Crippen LogP contribution in [0.15, 0.2) is 48.5 Å². The molecule has 35 heavy (non-hydrogen) atoms. The minimum absolute atomic E-state index is 0.166. The summed E-state index contributed by atoms with van der Waals surface area (Å²) in [6, 6.07) is 15.5. The lowest BCUT2D eigenvalue weighted by atomic mass is 9.88. The molecule has 1 aliphatic heterocycles. The smallest absolute Gasteiger partial charge is 0.323 e. The second-order valence-electron chi connectivity index (χ2n) is 8.80. The lowest BCUT2D eigenvalue weighted by molar-refractivity contribution is -0.152. The van der Waals surface area contributed by atoms with E-state index in [0.29, 0.717) is 32.6 Å². The van der Waals surface area contributed by atoms with E-state index in [1.807, 2.05) is 51.2 Å². The summed E-state index contributed by atoms with van der Waals surface area (Å²) in [4.78, 5) is 27.8. The molecule has 0 amide bonds. The first-order valence-corrected chi connectivity index (χ1v) is 12.3. The van der Waals surface area contributed by atoms with Gasteiger partial charge in [-0.2, -0.15) is 0 Å². The summed E-state index contributed by atoms with van der Waals surface area (Å²) in [5.74, 6) is 0.315. The number of esters is 2. The van der Waals surface area contributed by atoms with Gasteiger partial charge in [0.2, 0.25) is 0 Å². The number of benzene rings is 2. The van der Waals surface area contributed by atoms with Gasteiger partial charge in [-0.3, -0.25) is 14.5 Å². The fourth-order valence-corrected chi connectivity index (χ4v) is 5.23. The van der Waals surface area contributed by atoms with E-state index in [1.165, 1.54) is 0 Å². The molecule has 0 fully saturated rings. The molecule has 2 heterocycles. The van der Waals surface area contributed by atoms with Crippen LogP contribution in [0.5, 0.6) is 5.75 Å². The summed E-state index contributed by atoms with van der Waals surface area (Å²) in [7, 11) is 3.70. The molecule has 2 aromatic carbocycles. The molecule has 0 aliphatic carbocycles. The molecule has 1 aliphatic rings. The SMILES string of the molecule is CCOC(=O)CC[C@@H]1c2c(c3ccc(OC)cc3n2C)C[C@H](C(=O)OCC)N1Cc1ccccc1. The second-order valence-corrected chi connectivity index (χ2v) is 8.80. The van der Waals surface area contributed by atoms with Gasteiger partial charge in [0.1, 0.15) is 11.8 Å². The first-order chi connectivity index (χ1) is 17.0. The zero-order chi connectivity index (χ0) is 24.9. The van der Waals surface area contributed by atoms with Gasteiger partial charge in [0.25, 0.3) is 0 Å². The van der Waals surface area contributed by atoms with Gasteiger partial charge in [-0.05, 0) is 43.5 Å². The lowest BCUT2D eigenvalue weighted by Crippen LogP contribution is -2.49. The number of nitrogens with zero attached hydrogens (tertiary/aromatic N) is 2. The van der Waals surface area contributed by atoms with Gasteiger partial charge in [-0.1, -0.05) is 30.3 Å². The molecule has 0 unspecified atom stereocenters. The molecule has 0 N–H and O–H groups in total. The fourth-order valence-electron chi connectivity index (χ4n) is 5.23. The predicted molar refractivity (Wildman–Crippen MR) is 134 cm³/mol. The van der Waals surface area contributed by atoms with E-state index < -0.39 is 6.04 Å². The Hall–Kier alpha value is -3.32. The monoisotopic (exact) mass is 478 g/mol. The Labute approximate surface area is 206 Å². The number of carbonyl (C=O) groups excluding carboxylic acids is 2. The normalized spacial score (nSPS) is 17.7. The Bertz CT molecular complexity index is 1190. The van der Waals surface area contributed by atoms with E-state index in [9.17, 15) is 9.59 Å². The summed E-state index contributed by atoms with van der Waals surface area (Å²) in [5, 5.41) is 1.10. The summed E-state index contributed by atoms with van der Waals surface area (Å²) < 4.78 is 18.4. The number of methoxy groups -OCH3 is 1. The maximum atomic E-state index is 13.3. The highest BCUT2D eigenvalue weighted by molar-refractivity contribution is 5.89. The molecule has 0 spiro atoms. The average molecular weight is 479 g/mol. The zero-order valence-corrected chi connectivity index (χ0v) is 21.0. The van der Waals surface area contributed by atoms with Gasteiger partial charge in [0, 0.05) is 43.6 Å². The van der Waals surface area contributed by atoms with Gasteiger partial charge in [-0.15, -0.1) is 0 Å². The average Bonchev–Trinajstić information content (AvgIpc) is 3.14. The molecule has 0 saturated heterocycles. The molecule has 1 aromatic heterocycles. The third kappa shape index (κ3) is 5.05. The van der Waals surface area contributed by atoms with Crippen molar-refractivity contribution in [1.82, 2.24) is 9.47 Å². The van der Waals surface area contributed by atoms with Gasteiger partial charge in [0.15, 0.2) is 0 Å². The number of hydrogen-bond donors (Lipinski definition) is 0. The highest BCUT2D eigenvalue weighted by Gasteiger charge is 2.41. The largest absolute Gasteiger partial charge is 0.497 e. The molecule has 0 bridgehead atoms. The summed E-state index contributed by atoms with van der Waals surface area (Å²) >= 11 is 0. The van der Waals surface area contributed by atoms with Crippen molar-refractivity contribution in [2.24, 2.45) is 7.05 Å². The topological polar surface area (TPSA) is 70.0 Å². The van der Waals surface area contributed by atoms with Crippen LogP contribution in [-0.2, 0) is 39.1 Å². The van der Waals surface area contributed by atoms with E-state index in [4.69, 9.17) is 14.2 Å². The van der Waals surface area contributed by atoms with Crippen molar-refractivity contribution in [1.29, 1.82) is 0 Å². The number of rotatable bonds is 9. The standard InChI is InChI=1S/C28H34N2O5/c1-5-34-26(31)15-14-23-27-22(21-13-12-20(33-4)16-24(21)29(27)3)17-25(28(32)35-6-2)30(23)18-19-10-8-7-9-11-19/h7-13,16,23,25H,5-6,14-15,17-18H2,1-4H3/t23-,25-/m1/s1. The van der Waals surface area contributed by atoms with Crippen molar-refractivity contribution in [2.45, 2.75) is 51.7 Å². The third-order valence-corrected chi connectivity index (χ3v) is 6.77. The third-order valence-electron chi connectivity index (χ3n) is 6.77. The van der Waals surface area contributed by atoms with Crippen LogP contribution >= 0.6 is 0 Å². The molecular formula is C28H34N2O5. The highest BCUT2D eigenvalue weighted by atomic mass is 16.5. The number of ether oxygens (including phenoxy) is 3. The molecule has 186 valence electrons. The van der Waals surface area contributed by atoms with Crippen molar-refractivity contribution >= 4 is 22.8 Å². The van der Waals surface area contributed by atoms with Crippen molar-refractivity contribution in [3.63, 3.8) is 0 Å². The van der Waals surface area contributed by atoms with E-state index in [-0.39, 0.29) is 24.4 Å². The van der Waals surface area contributed by atoms with Crippen LogP contribution in [0.4, 0.5) is 0 Å². The Balaban J connectivity index is 1.84. The quantitative estimate of drug-likeness (QED) is 0.420. The second kappa shape index (κ2) is 11.0. The van der Waals surface area contributed by atoms with E-state index in [1.54, 1.807) is 7.11 Å². The summed E-state index contributed by atoms with van der Waals surface area (Å²) in [6.07, 6.45) is 1.35. The van der Waals surface area contributed by atoms with Crippen LogP contribution in [0.1, 0.15) is 49.6 Å². The van der Waals surface area contributed by atoms with Gasteiger partial charge >= 0.3 is 11.9 Å². The van der Waals surface area contributed by atoms with Crippen LogP contribution in [0.3, 0.4) is 0 Å². The number of hydrogen-bond acceptors (Lipinski definition) is 6. The zero-order valence-electron chi connectivity index (χ0n) is 21.0. The lowest BCUT2D eigenvalue weighted by Gasteiger charge is -2.41. The molecule has 0 saturated carbocycles. The van der Waals surface area contributed by atoms with Crippen molar-refractivity contribution in [3.8, 4) is 5.75 Å². The van der Waals surface area contributed by atoms with Crippen molar-refractivity contribution in [3.05, 3.63) is 65.4 Å². The van der Waals surface area contributed by atoms with Crippen molar-refractivity contribution in [2.75, 3.05) is 20.3 Å². The van der Waals surface area contributed by atoms with E-state index >= 15 is 0 Å². The number of aryl methyl sites for hydroxylation is 1. The number of carbonyl (C=O) groups is 2. The maximum Gasteiger partial charge on any atom is 0.323 e. The van der Waals surface area contributed by atoms with Crippen LogP contribution in [0.25, 0.3) is 10.9 Å². The van der Waals surface area contributed by atoms with Gasteiger partial charge in [0.05, 0.1) is 31.9 Å². The minimum Gasteiger partial charge on any atom is -0.497 e. The Morgan fingerprint density at radius 3 is 2.46 bits per heavy atom. The van der Waals surface area contributed by atoms with Crippen LogP contribution in [0.2, 0.25) is 0 Å². The van der Waals surface area contributed by atoms with E-state index in [0.717, 1.165) is 33.5 Å². The van der Waals surface area contributed by atoms with Crippen molar-refractivity contribution < 1.29 is 23.8 Å². The summed E-state index contributed by atoms with van der Waals surface area (Å²) in [5.41, 5.74) is 4.39. The minimum atomic E-state index is -0.456. The van der Waals surface area contributed by atoms with Crippen LogP contribution < -0.4 is 4.74 Å². The maximum absolute atomic E-state index is 13.3. The Morgan fingerprint density at radius 1 is 1.03 bits per heavy atom. The molecule has 7 heteroatoms. The molecule has 0 radical (unpaired) electrons. The van der Waals surface area contributed by atoms with Gasteiger partial charge in [-0.25, -0.2) is 0 Å². The number of fused-ring (bicyclic) bond motifs is 3. The van der Waals surface area contributed by atoms with Crippen LogP contribution in [0, 0.1) is 0 Å². The molecule has 7 nitrogen and oxygen atoms in total. The Kier molecular flexibility index (Phi) is 7.76. The van der Waals surface area contributed by atoms with Gasteiger partial charge < -0.3 is 18.8 Å². The fraction of sp³-hybridized carbons (Fsp3) is 0.429. The van der Waals surface area contributed by atoms with E-state index in [2.05, 4.69) is 27.7 Å². The Morgan fingerprint density at radius 2 is 1.77 bits per heavy atom. The highest BCUT2D eigenvalue weighted by Crippen LogP contribution is 2.43. The molecule has 4 rings (SSSR count). The molecular weight excluding hydrogens is 444 g/mol.